The van der Waals surface area contributed by atoms with Gasteiger partial charge in [-0.3, -0.25) is 9.59 Å². The van der Waals surface area contributed by atoms with Gasteiger partial charge < -0.3 is 5.11 Å². The molecule has 6 heteroatoms. The number of anilines is 1. The highest BCUT2D eigenvalue weighted by atomic mass is 79.9. The Morgan fingerprint density at radius 1 is 1.47 bits per heavy atom. The topological polar surface area (TPSA) is 70.0 Å². The minimum atomic E-state index is -0.981. The molecular weight excluding hydrogens is 288 g/mol. The van der Waals surface area contributed by atoms with E-state index in [1.165, 1.54) is 5.01 Å². The van der Waals surface area contributed by atoms with E-state index in [0.29, 0.717) is 11.4 Å². The molecule has 1 aliphatic heterocycles. The Morgan fingerprint density at radius 2 is 2.18 bits per heavy atom. The van der Waals surface area contributed by atoms with Crippen LogP contribution in [0.2, 0.25) is 0 Å². The lowest BCUT2D eigenvalue weighted by Crippen LogP contribution is -2.19. The molecule has 0 atom stereocenters. The van der Waals surface area contributed by atoms with Crippen molar-refractivity contribution in [3.8, 4) is 0 Å². The summed E-state index contributed by atoms with van der Waals surface area (Å²) in [5, 5.41) is 13.9. The van der Waals surface area contributed by atoms with Crippen LogP contribution in [0.4, 0.5) is 5.69 Å². The van der Waals surface area contributed by atoms with Gasteiger partial charge in [-0.05, 0) is 28.1 Å². The number of carbonyl (C=O) groups excluding carboxylic acids is 1. The van der Waals surface area contributed by atoms with Gasteiger partial charge in [0.15, 0.2) is 0 Å². The fourth-order valence-corrected chi connectivity index (χ4v) is 2.02. The molecule has 17 heavy (non-hydrogen) atoms. The number of carbonyl (C=O) groups is 2. The summed E-state index contributed by atoms with van der Waals surface area (Å²) in [4.78, 5) is 22.3. The number of carboxylic acid groups (broad SMARTS) is 1. The van der Waals surface area contributed by atoms with Crippen molar-refractivity contribution in [1.82, 2.24) is 0 Å². The number of hydrazone groups is 1. The molecule has 1 N–H and O–H groups in total. The summed E-state index contributed by atoms with van der Waals surface area (Å²) in [6, 6.07) is 7.16. The second-order valence-corrected chi connectivity index (χ2v) is 4.42. The molecule has 88 valence electrons. The molecule has 1 aromatic carbocycles. The predicted octanol–water partition coefficient (Wildman–Crippen LogP) is 2.02. The Morgan fingerprint density at radius 3 is 2.82 bits per heavy atom. The van der Waals surface area contributed by atoms with Crippen LogP contribution in [0, 0.1) is 0 Å². The summed E-state index contributed by atoms with van der Waals surface area (Å²) in [7, 11) is 0. The smallest absolute Gasteiger partial charge is 0.309 e. The maximum atomic E-state index is 11.7. The first-order valence-electron chi connectivity index (χ1n) is 4.93. The number of carboxylic acids is 1. The Balaban J connectivity index is 2.28. The zero-order chi connectivity index (χ0) is 12.4. The molecule has 0 radical (unpaired) electrons. The summed E-state index contributed by atoms with van der Waals surface area (Å²) in [6.07, 6.45) is -0.139. The van der Waals surface area contributed by atoms with Crippen molar-refractivity contribution < 1.29 is 14.7 Å². The molecule has 0 fully saturated rings. The Labute approximate surface area is 106 Å². The van der Waals surface area contributed by atoms with Crippen molar-refractivity contribution in [3.63, 3.8) is 0 Å². The van der Waals surface area contributed by atoms with Crippen LogP contribution in [0.5, 0.6) is 0 Å². The number of halogens is 1. The molecule has 1 heterocycles. The van der Waals surface area contributed by atoms with Crippen molar-refractivity contribution in [2.75, 3.05) is 5.01 Å². The van der Waals surface area contributed by atoms with Crippen LogP contribution in [0.1, 0.15) is 12.8 Å². The first kappa shape index (κ1) is 11.8. The van der Waals surface area contributed by atoms with E-state index >= 15 is 0 Å². The molecule has 1 aromatic rings. The fraction of sp³-hybridized carbons (Fsp3) is 0.182. The first-order chi connectivity index (χ1) is 8.08. The number of aliphatic carboxylic acids is 1. The third-order valence-electron chi connectivity index (χ3n) is 2.27. The average molecular weight is 297 g/mol. The molecule has 0 aliphatic carbocycles. The van der Waals surface area contributed by atoms with Crippen molar-refractivity contribution in [1.29, 1.82) is 0 Å². The molecule has 0 spiro atoms. The summed E-state index contributed by atoms with van der Waals surface area (Å²) in [6.45, 7) is 0. The number of amides is 1. The van der Waals surface area contributed by atoms with Gasteiger partial charge in [0.2, 0.25) is 0 Å². The summed E-state index contributed by atoms with van der Waals surface area (Å²) >= 11 is 3.33. The third-order valence-corrected chi connectivity index (χ3v) is 2.94. The van der Waals surface area contributed by atoms with Crippen LogP contribution < -0.4 is 5.01 Å². The Bertz CT molecular complexity index is 513. The molecular formula is C11H9BrN2O3. The molecule has 0 saturated heterocycles. The molecule has 2 rings (SSSR count). The van der Waals surface area contributed by atoms with E-state index in [1.54, 1.807) is 18.2 Å². The lowest BCUT2D eigenvalue weighted by Gasteiger charge is -2.12. The molecule has 5 nitrogen and oxygen atoms in total. The minimum Gasteiger partial charge on any atom is -0.481 e. The van der Waals surface area contributed by atoms with E-state index in [2.05, 4.69) is 21.0 Å². The monoisotopic (exact) mass is 296 g/mol. The quantitative estimate of drug-likeness (QED) is 0.928. The number of rotatable bonds is 3. The second-order valence-electron chi connectivity index (χ2n) is 3.57. The Kier molecular flexibility index (Phi) is 3.23. The maximum absolute atomic E-state index is 11.7. The van der Waals surface area contributed by atoms with Crippen molar-refractivity contribution >= 4 is 39.2 Å². The van der Waals surface area contributed by atoms with Crippen molar-refractivity contribution in [3.05, 3.63) is 28.7 Å². The lowest BCUT2D eigenvalue weighted by molar-refractivity contribution is -0.135. The number of para-hydroxylation sites is 1. The highest BCUT2D eigenvalue weighted by molar-refractivity contribution is 9.10. The van der Waals surface area contributed by atoms with Gasteiger partial charge in [0.05, 0.1) is 24.2 Å². The molecule has 0 saturated carbocycles. The van der Waals surface area contributed by atoms with E-state index in [9.17, 15) is 9.59 Å². The van der Waals surface area contributed by atoms with Crippen LogP contribution in [-0.2, 0) is 9.59 Å². The van der Waals surface area contributed by atoms with Gasteiger partial charge in [-0.1, -0.05) is 12.1 Å². The molecule has 0 aromatic heterocycles. The van der Waals surface area contributed by atoms with E-state index in [0.717, 1.165) is 4.47 Å². The van der Waals surface area contributed by atoms with Crippen LogP contribution in [0.3, 0.4) is 0 Å². The van der Waals surface area contributed by atoms with E-state index in [-0.39, 0.29) is 18.7 Å². The van der Waals surface area contributed by atoms with E-state index < -0.39 is 5.97 Å². The first-order valence-corrected chi connectivity index (χ1v) is 5.73. The van der Waals surface area contributed by atoms with Gasteiger partial charge in [-0.2, -0.15) is 10.1 Å². The predicted molar refractivity (Wildman–Crippen MR) is 65.9 cm³/mol. The zero-order valence-corrected chi connectivity index (χ0v) is 10.3. The maximum Gasteiger partial charge on any atom is 0.309 e. The second kappa shape index (κ2) is 4.67. The van der Waals surface area contributed by atoms with Crippen LogP contribution >= 0.6 is 15.9 Å². The Hall–Kier alpha value is -1.69. The number of benzene rings is 1. The summed E-state index contributed by atoms with van der Waals surface area (Å²) in [5.74, 6) is -1.20. The van der Waals surface area contributed by atoms with Gasteiger partial charge in [0.1, 0.15) is 0 Å². The number of hydrogen-bond donors (Lipinski definition) is 1. The van der Waals surface area contributed by atoms with Gasteiger partial charge in [0.25, 0.3) is 5.91 Å². The highest BCUT2D eigenvalue weighted by Crippen LogP contribution is 2.29. The molecule has 0 bridgehead atoms. The van der Waals surface area contributed by atoms with Gasteiger partial charge >= 0.3 is 5.97 Å². The molecule has 1 amide bonds. The van der Waals surface area contributed by atoms with Crippen molar-refractivity contribution in [2.45, 2.75) is 12.8 Å². The van der Waals surface area contributed by atoms with E-state index in [4.69, 9.17) is 5.11 Å². The highest BCUT2D eigenvalue weighted by Gasteiger charge is 2.27. The van der Waals surface area contributed by atoms with Gasteiger partial charge in [0, 0.05) is 4.47 Å². The number of hydrogen-bond acceptors (Lipinski definition) is 3. The zero-order valence-electron chi connectivity index (χ0n) is 8.76. The number of nitrogens with zero attached hydrogens (tertiary/aromatic N) is 2. The average Bonchev–Trinajstić information content (AvgIpc) is 2.59. The summed E-state index contributed by atoms with van der Waals surface area (Å²) in [5.41, 5.74) is 0.996. The normalized spacial score (nSPS) is 15.0. The van der Waals surface area contributed by atoms with Crippen molar-refractivity contribution in [2.24, 2.45) is 5.10 Å². The van der Waals surface area contributed by atoms with Crippen LogP contribution in [-0.4, -0.2) is 22.7 Å². The van der Waals surface area contributed by atoms with E-state index in [1.807, 2.05) is 6.07 Å². The summed E-state index contributed by atoms with van der Waals surface area (Å²) < 4.78 is 0.744. The fourth-order valence-electron chi connectivity index (χ4n) is 1.57. The molecule has 0 unspecified atom stereocenters. The SMILES string of the molecule is O=C(O)CC1=NN(c2ccccc2Br)C(=O)C1. The molecule has 1 aliphatic rings. The largest absolute Gasteiger partial charge is 0.481 e. The standard InChI is InChI=1S/C11H9BrN2O3/c12-8-3-1-2-4-9(8)14-10(15)5-7(13-14)6-11(16)17/h1-4H,5-6H2,(H,16,17). The van der Waals surface area contributed by atoms with Crippen LogP contribution in [0.25, 0.3) is 0 Å². The third kappa shape index (κ3) is 2.52. The lowest BCUT2D eigenvalue weighted by atomic mass is 10.2. The van der Waals surface area contributed by atoms with Gasteiger partial charge in [-0.15, -0.1) is 0 Å². The van der Waals surface area contributed by atoms with Gasteiger partial charge in [-0.25, -0.2) is 0 Å². The van der Waals surface area contributed by atoms with Crippen LogP contribution in [0.15, 0.2) is 33.8 Å². The minimum absolute atomic E-state index is 0.0631.